The van der Waals surface area contributed by atoms with E-state index in [0.717, 1.165) is 5.75 Å². The number of thioether (sulfide) groups is 1. The molecule has 2 amide bonds. The quantitative estimate of drug-likeness (QED) is 0.754. The molecule has 0 bridgehead atoms. The summed E-state index contributed by atoms with van der Waals surface area (Å²) in [6, 6.07) is -0.191. The number of urea groups is 1. The van der Waals surface area contributed by atoms with Crippen LogP contribution in [-0.2, 0) is 0 Å². The van der Waals surface area contributed by atoms with Crippen molar-refractivity contribution < 1.29 is 4.79 Å². The van der Waals surface area contributed by atoms with Gasteiger partial charge in [-0.3, -0.25) is 5.32 Å². The van der Waals surface area contributed by atoms with Crippen molar-refractivity contribution in [3.63, 3.8) is 0 Å². The predicted molar refractivity (Wildman–Crippen MR) is 57.5 cm³/mol. The standard InChI is InChI=1S/C7H11N3OS2/c1-12-4-2-8-6(11)10-7-9-3-5-13-7/h3,5H,2,4H2,1H3,(H2,8,9,10,11). The van der Waals surface area contributed by atoms with Crippen molar-refractivity contribution in [3.05, 3.63) is 11.6 Å². The molecule has 2 N–H and O–H groups in total. The zero-order valence-electron chi connectivity index (χ0n) is 7.24. The van der Waals surface area contributed by atoms with Crippen LogP contribution in [0.5, 0.6) is 0 Å². The van der Waals surface area contributed by atoms with E-state index in [0.29, 0.717) is 11.7 Å². The largest absolute Gasteiger partial charge is 0.337 e. The van der Waals surface area contributed by atoms with Gasteiger partial charge in [0, 0.05) is 23.9 Å². The van der Waals surface area contributed by atoms with Gasteiger partial charge in [-0.25, -0.2) is 9.78 Å². The van der Waals surface area contributed by atoms with Gasteiger partial charge in [-0.15, -0.1) is 11.3 Å². The summed E-state index contributed by atoms with van der Waals surface area (Å²) in [4.78, 5) is 15.0. The fourth-order valence-corrected chi connectivity index (χ4v) is 1.52. The van der Waals surface area contributed by atoms with E-state index in [9.17, 15) is 4.79 Å². The summed E-state index contributed by atoms with van der Waals surface area (Å²) < 4.78 is 0. The molecular formula is C7H11N3OS2. The molecule has 0 unspecified atom stereocenters. The molecule has 4 nitrogen and oxygen atoms in total. The van der Waals surface area contributed by atoms with Gasteiger partial charge in [0.1, 0.15) is 0 Å². The number of hydrogen-bond acceptors (Lipinski definition) is 4. The first-order valence-corrected chi connectivity index (χ1v) is 6.03. The first kappa shape index (κ1) is 10.3. The molecule has 0 saturated carbocycles. The molecule has 1 rings (SSSR count). The molecule has 72 valence electrons. The maximum atomic E-state index is 11.1. The summed E-state index contributed by atoms with van der Waals surface area (Å²) in [6.07, 6.45) is 3.66. The van der Waals surface area contributed by atoms with Crippen LogP contribution in [0.25, 0.3) is 0 Å². The van der Waals surface area contributed by atoms with E-state index in [2.05, 4.69) is 15.6 Å². The van der Waals surface area contributed by atoms with Gasteiger partial charge in [-0.05, 0) is 6.26 Å². The predicted octanol–water partition coefficient (Wildman–Crippen LogP) is 1.63. The number of amides is 2. The van der Waals surface area contributed by atoms with Gasteiger partial charge in [0.05, 0.1) is 0 Å². The van der Waals surface area contributed by atoms with E-state index < -0.39 is 0 Å². The Hall–Kier alpha value is -0.750. The maximum Gasteiger partial charge on any atom is 0.321 e. The van der Waals surface area contributed by atoms with Crippen molar-refractivity contribution >= 4 is 34.3 Å². The first-order chi connectivity index (χ1) is 6.33. The van der Waals surface area contributed by atoms with E-state index in [-0.39, 0.29) is 6.03 Å². The number of carbonyl (C=O) groups is 1. The van der Waals surface area contributed by atoms with Crippen LogP contribution in [0.15, 0.2) is 11.6 Å². The third-order valence-corrected chi connectivity index (χ3v) is 2.55. The lowest BCUT2D eigenvalue weighted by Crippen LogP contribution is -2.30. The Morgan fingerprint density at radius 2 is 2.62 bits per heavy atom. The molecule has 0 spiro atoms. The number of anilines is 1. The molecular weight excluding hydrogens is 206 g/mol. The maximum absolute atomic E-state index is 11.1. The summed E-state index contributed by atoms with van der Waals surface area (Å²) in [5.41, 5.74) is 0. The van der Waals surface area contributed by atoms with Crippen LogP contribution in [-0.4, -0.2) is 29.6 Å². The number of thiazole rings is 1. The number of hydrogen-bond donors (Lipinski definition) is 2. The van der Waals surface area contributed by atoms with Gasteiger partial charge in [0.25, 0.3) is 0 Å². The minimum absolute atomic E-state index is 0.191. The van der Waals surface area contributed by atoms with E-state index >= 15 is 0 Å². The van der Waals surface area contributed by atoms with Gasteiger partial charge < -0.3 is 5.32 Å². The average Bonchev–Trinajstić information content (AvgIpc) is 2.57. The van der Waals surface area contributed by atoms with Crippen LogP contribution in [0.1, 0.15) is 0 Å². The Kier molecular flexibility index (Phi) is 4.63. The van der Waals surface area contributed by atoms with Crippen LogP contribution in [0, 0.1) is 0 Å². The summed E-state index contributed by atoms with van der Waals surface area (Å²) in [7, 11) is 0. The number of carbonyl (C=O) groups excluding carboxylic acids is 1. The highest BCUT2D eigenvalue weighted by atomic mass is 32.2. The van der Waals surface area contributed by atoms with E-state index in [1.807, 2.05) is 11.6 Å². The van der Waals surface area contributed by atoms with Gasteiger partial charge >= 0.3 is 6.03 Å². The van der Waals surface area contributed by atoms with Crippen LogP contribution in [0.2, 0.25) is 0 Å². The molecule has 1 heterocycles. The lowest BCUT2D eigenvalue weighted by molar-refractivity contribution is 0.252. The second kappa shape index (κ2) is 5.82. The molecule has 0 aliphatic rings. The van der Waals surface area contributed by atoms with Crippen molar-refractivity contribution in [1.82, 2.24) is 10.3 Å². The van der Waals surface area contributed by atoms with Gasteiger partial charge in [0.2, 0.25) is 0 Å². The first-order valence-electron chi connectivity index (χ1n) is 3.76. The number of aromatic nitrogens is 1. The van der Waals surface area contributed by atoms with Crippen molar-refractivity contribution in [1.29, 1.82) is 0 Å². The summed E-state index contributed by atoms with van der Waals surface area (Å²) >= 11 is 3.10. The van der Waals surface area contributed by atoms with Crippen LogP contribution < -0.4 is 10.6 Å². The summed E-state index contributed by atoms with van der Waals surface area (Å²) in [5.74, 6) is 0.922. The molecule has 1 aromatic heterocycles. The summed E-state index contributed by atoms with van der Waals surface area (Å²) in [5, 5.41) is 7.79. The molecule has 0 aliphatic carbocycles. The van der Waals surface area contributed by atoms with E-state index in [4.69, 9.17) is 0 Å². The second-order valence-electron chi connectivity index (χ2n) is 2.21. The SMILES string of the molecule is CSCCNC(=O)Nc1nccs1. The Labute approximate surface area is 85.1 Å². The minimum Gasteiger partial charge on any atom is -0.337 e. The van der Waals surface area contributed by atoms with Crippen LogP contribution in [0.3, 0.4) is 0 Å². The van der Waals surface area contributed by atoms with Gasteiger partial charge in [-0.1, -0.05) is 0 Å². The Bertz CT molecular complexity index is 250. The normalized spacial score (nSPS) is 9.62. The molecule has 0 saturated heterocycles. The highest BCUT2D eigenvalue weighted by Crippen LogP contribution is 2.09. The Balaban J connectivity index is 2.18. The molecule has 0 atom stereocenters. The number of nitrogens with zero attached hydrogens (tertiary/aromatic N) is 1. The van der Waals surface area contributed by atoms with Crippen LogP contribution in [0.4, 0.5) is 9.93 Å². The van der Waals surface area contributed by atoms with Crippen molar-refractivity contribution in [2.45, 2.75) is 0 Å². The summed E-state index contributed by atoms with van der Waals surface area (Å²) in [6.45, 7) is 0.679. The fraction of sp³-hybridized carbons (Fsp3) is 0.429. The Morgan fingerprint density at radius 1 is 1.77 bits per heavy atom. The minimum atomic E-state index is -0.191. The fourth-order valence-electron chi connectivity index (χ4n) is 0.693. The monoisotopic (exact) mass is 217 g/mol. The molecule has 0 fully saturated rings. The van der Waals surface area contributed by atoms with E-state index in [1.165, 1.54) is 11.3 Å². The number of nitrogens with one attached hydrogen (secondary N) is 2. The lowest BCUT2D eigenvalue weighted by atomic mass is 10.7. The molecule has 0 radical (unpaired) electrons. The van der Waals surface area contributed by atoms with E-state index in [1.54, 1.807) is 18.0 Å². The third kappa shape index (κ3) is 4.14. The molecule has 0 aliphatic heterocycles. The molecule has 1 aromatic rings. The zero-order valence-corrected chi connectivity index (χ0v) is 8.87. The second-order valence-corrected chi connectivity index (χ2v) is 4.09. The average molecular weight is 217 g/mol. The molecule has 0 aromatic carbocycles. The highest BCUT2D eigenvalue weighted by Gasteiger charge is 2.00. The van der Waals surface area contributed by atoms with Crippen LogP contribution >= 0.6 is 23.1 Å². The highest BCUT2D eigenvalue weighted by molar-refractivity contribution is 7.98. The third-order valence-electron chi connectivity index (χ3n) is 1.24. The Morgan fingerprint density at radius 3 is 3.23 bits per heavy atom. The zero-order chi connectivity index (χ0) is 9.52. The van der Waals surface area contributed by atoms with Gasteiger partial charge in [-0.2, -0.15) is 11.8 Å². The number of rotatable bonds is 4. The smallest absolute Gasteiger partial charge is 0.321 e. The van der Waals surface area contributed by atoms with Crippen molar-refractivity contribution in [2.75, 3.05) is 23.9 Å². The van der Waals surface area contributed by atoms with Crippen molar-refractivity contribution in [3.8, 4) is 0 Å². The molecule has 6 heteroatoms. The lowest BCUT2D eigenvalue weighted by Gasteiger charge is -2.03. The van der Waals surface area contributed by atoms with Crippen molar-refractivity contribution in [2.24, 2.45) is 0 Å². The van der Waals surface area contributed by atoms with Gasteiger partial charge in [0.15, 0.2) is 5.13 Å². The molecule has 13 heavy (non-hydrogen) atoms. The topological polar surface area (TPSA) is 54.0 Å².